The minimum Gasteiger partial charge on any atom is -0.394 e. The highest BCUT2D eigenvalue weighted by molar-refractivity contribution is 4.74. The van der Waals surface area contributed by atoms with Crippen molar-refractivity contribution in [2.75, 3.05) is 13.2 Å². The molecule has 3 heteroatoms. The average Bonchev–Trinajstić information content (AvgIpc) is 2.83. The van der Waals surface area contributed by atoms with Crippen molar-refractivity contribution < 1.29 is 14.9 Å². The summed E-state index contributed by atoms with van der Waals surface area (Å²) in [5.74, 6) is 0. The summed E-state index contributed by atoms with van der Waals surface area (Å²) in [6, 6.07) is 0. The largest absolute Gasteiger partial charge is 0.394 e. The summed E-state index contributed by atoms with van der Waals surface area (Å²) in [6.45, 7) is 8.91. The molecule has 0 radical (unpaired) electrons. The molecular weight excluding hydrogens is 180 g/mol. The Balaban J connectivity index is 0.000000292. The fourth-order valence-electron chi connectivity index (χ4n) is 0.603. The van der Waals surface area contributed by atoms with Crippen LogP contribution in [0.15, 0.2) is 0 Å². The summed E-state index contributed by atoms with van der Waals surface area (Å²) in [7, 11) is 0. The van der Waals surface area contributed by atoms with Crippen LogP contribution in [0.5, 0.6) is 0 Å². The first kappa shape index (κ1) is 13.9. The van der Waals surface area contributed by atoms with Gasteiger partial charge in [-0.25, -0.2) is 0 Å². The van der Waals surface area contributed by atoms with Crippen molar-refractivity contribution in [1.29, 1.82) is 0 Å². The van der Waals surface area contributed by atoms with E-state index in [-0.39, 0.29) is 6.61 Å². The fourth-order valence-corrected chi connectivity index (χ4v) is 0.603. The molecule has 1 rings (SSSR count). The smallest absolute Gasteiger partial charge is 0.0742 e. The molecule has 1 saturated carbocycles. The Hall–Kier alpha value is -0.120. The lowest BCUT2D eigenvalue weighted by molar-refractivity contribution is 0.0592. The van der Waals surface area contributed by atoms with Gasteiger partial charge in [0, 0.05) is 0 Å². The van der Waals surface area contributed by atoms with Crippen LogP contribution < -0.4 is 0 Å². The number of rotatable bonds is 3. The first-order valence-electron chi connectivity index (χ1n) is 5.25. The molecule has 1 aliphatic carbocycles. The Bertz CT molecular complexity index is 134. The fraction of sp³-hybridized carbons (Fsp3) is 1.00. The van der Waals surface area contributed by atoms with Crippen molar-refractivity contribution in [3.8, 4) is 0 Å². The van der Waals surface area contributed by atoms with E-state index in [1.165, 1.54) is 19.8 Å². The highest BCUT2D eigenvalue weighted by Gasteiger charge is 2.24. The number of aliphatic hydroxyl groups is 2. The zero-order chi connectivity index (χ0) is 11.2. The molecule has 1 fully saturated rings. The van der Waals surface area contributed by atoms with E-state index < -0.39 is 6.10 Å². The second kappa shape index (κ2) is 6.38. The standard InChI is InChI=1S/C8H16O.C3H8O2/c1-8(2,3)6-9-7-4-5-7;1-3(5)2-4/h7H,4-6H2,1-3H3;3-5H,2H2,1H3. The highest BCUT2D eigenvalue weighted by Crippen LogP contribution is 2.26. The van der Waals surface area contributed by atoms with Crippen LogP contribution in [-0.4, -0.2) is 35.6 Å². The summed E-state index contributed by atoms with van der Waals surface area (Å²) in [4.78, 5) is 0. The Labute approximate surface area is 87.1 Å². The molecule has 3 nitrogen and oxygen atoms in total. The van der Waals surface area contributed by atoms with Gasteiger partial charge < -0.3 is 14.9 Å². The van der Waals surface area contributed by atoms with Gasteiger partial charge in [-0.15, -0.1) is 0 Å². The third-order valence-electron chi connectivity index (χ3n) is 1.54. The monoisotopic (exact) mass is 204 g/mol. The van der Waals surface area contributed by atoms with Crippen LogP contribution in [0.1, 0.15) is 40.5 Å². The van der Waals surface area contributed by atoms with E-state index in [1.807, 2.05) is 0 Å². The second-order valence-corrected chi connectivity index (χ2v) is 5.10. The molecule has 0 aromatic rings. The Kier molecular flexibility index (Phi) is 6.33. The van der Waals surface area contributed by atoms with Crippen LogP contribution in [0, 0.1) is 5.41 Å². The molecular formula is C11H24O3. The molecule has 1 atom stereocenters. The molecule has 14 heavy (non-hydrogen) atoms. The predicted molar refractivity (Wildman–Crippen MR) is 57.2 cm³/mol. The van der Waals surface area contributed by atoms with E-state index >= 15 is 0 Å². The van der Waals surface area contributed by atoms with Gasteiger partial charge in [0.15, 0.2) is 0 Å². The lowest BCUT2D eigenvalue weighted by Gasteiger charge is -2.17. The summed E-state index contributed by atoms with van der Waals surface area (Å²) < 4.78 is 5.52. The Morgan fingerprint density at radius 3 is 2.00 bits per heavy atom. The van der Waals surface area contributed by atoms with Gasteiger partial charge in [0.1, 0.15) is 0 Å². The molecule has 0 saturated heterocycles. The van der Waals surface area contributed by atoms with Gasteiger partial charge >= 0.3 is 0 Å². The van der Waals surface area contributed by atoms with Crippen LogP contribution in [0.4, 0.5) is 0 Å². The quantitative estimate of drug-likeness (QED) is 0.733. The van der Waals surface area contributed by atoms with Crippen molar-refractivity contribution in [2.45, 2.75) is 52.7 Å². The minimum atomic E-state index is -0.560. The average molecular weight is 204 g/mol. The molecule has 1 aliphatic rings. The maximum absolute atomic E-state index is 8.11. The van der Waals surface area contributed by atoms with Crippen molar-refractivity contribution in [1.82, 2.24) is 0 Å². The van der Waals surface area contributed by atoms with E-state index in [2.05, 4.69) is 20.8 Å². The first-order chi connectivity index (χ1) is 6.35. The maximum atomic E-state index is 8.11. The molecule has 86 valence electrons. The van der Waals surface area contributed by atoms with Crippen LogP contribution in [0.2, 0.25) is 0 Å². The first-order valence-corrected chi connectivity index (χ1v) is 5.25. The molecule has 0 amide bonds. The summed E-state index contributed by atoms with van der Waals surface area (Å²) in [5, 5.41) is 16.0. The molecule has 0 bridgehead atoms. The molecule has 1 unspecified atom stereocenters. The van der Waals surface area contributed by atoms with Gasteiger partial charge in [-0.05, 0) is 25.2 Å². The number of aliphatic hydroxyl groups excluding tert-OH is 2. The molecule has 0 aliphatic heterocycles. The van der Waals surface area contributed by atoms with Crippen LogP contribution >= 0.6 is 0 Å². The van der Waals surface area contributed by atoms with E-state index in [0.29, 0.717) is 11.5 Å². The molecule has 0 aromatic carbocycles. The second-order valence-electron chi connectivity index (χ2n) is 5.10. The zero-order valence-electron chi connectivity index (χ0n) is 9.79. The topological polar surface area (TPSA) is 49.7 Å². The van der Waals surface area contributed by atoms with Gasteiger partial charge in [-0.3, -0.25) is 0 Å². The Morgan fingerprint density at radius 1 is 1.36 bits per heavy atom. The molecule has 0 spiro atoms. The van der Waals surface area contributed by atoms with E-state index in [0.717, 1.165) is 6.61 Å². The lowest BCUT2D eigenvalue weighted by Crippen LogP contribution is -2.15. The number of hydrogen-bond donors (Lipinski definition) is 2. The predicted octanol–water partition coefficient (Wildman–Crippen LogP) is 1.57. The van der Waals surface area contributed by atoms with E-state index in [1.54, 1.807) is 0 Å². The molecule has 2 N–H and O–H groups in total. The minimum absolute atomic E-state index is 0.139. The van der Waals surface area contributed by atoms with Crippen molar-refractivity contribution in [2.24, 2.45) is 5.41 Å². The van der Waals surface area contributed by atoms with Gasteiger partial charge in [-0.2, -0.15) is 0 Å². The van der Waals surface area contributed by atoms with Crippen molar-refractivity contribution in [3.05, 3.63) is 0 Å². The molecule has 0 heterocycles. The lowest BCUT2D eigenvalue weighted by atomic mass is 9.99. The van der Waals surface area contributed by atoms with E-state index in [9.17, 15) is 0 Å². The third kappa shape index (κ3) is 11.9. The van der Waals surface area contributed by atoms with Gasteiger partial charge in [0.05, 0.1) is 25.4 Å². The maximum Gasteiger partial charge on any atom is 0.0742 e. The highest BCUT2D eigenvalue weighted by atomic mass is 16.5. The van der Waals surface area contributed by atoms with Crippen LogP contribution in [0.25, 0.3) is 0 Å². The normalized spacial score (nSPS) is 18.4. The van der Waals surface area contributed by atoms with Gasteiger partial charge in [0.2, 0.25) is 0 Å². The van der Waals surface area contributed by atoms with Gasteiger partial charge in [0.25, 0.3) is 0 Å². The van der Waals surface area contributed by atoms with Crippen molar-refractivity contribution >= 4 is 0 Å². The van der Waals surface area contributed by atoms with Crippen molar-refractivity contribution in [3.63, 3.8) is 0 Å². The summed E-state index contributed by atoms with van der Waals surface area (Å²) in [5.41, 5.74) is 0.350. The van der Waals surface area contributed by atoms with Crippen LogP contribution in [0.3, 0.4) is 0 Å². The summed E-state index contributed by atoms with van der Waals surface area (Å²) in [6.07, 6.45) is 2.63. The molecule has 0 aromatic heterocycles. The third-order valence-corrected chi connectivity index (χ3v) is 1.54. The van der Waals surface area contributed by atoms with Gasteiger partial charge in [-0.1, -0.05) is 20.8 Å². The number of ether oxygens (including phenoxy) is 1. The zero-order valence-corrected chi connectivity index (χ0v) is 9.79. The van der Waals surface area contributed by atoms with Crippen LogP contribution in [-0.2, 0) is 4.74 Å². The SMILES string of the molecule is CC(C)(C)COC1CC1.CC(O)CO. The summed E-state index contributed by atoms with van der Waals surface area (Å²) >= 11 is 0. The number of hydrogen-bond acceptors (Lipinski definition) is 3. The Morgan fingerprint density at radius 2 is 1.79 bits per heavy atom. The van der Waals surface area contributed by atoms with E-state index in [4.69, 9.17) is 14.9 Å².